The van der Waals surface area contributed by atoms with Crippen molar-refractivity contribution in [2.45, 2.75) is 31.9 Å². The van der Waals surface area contributed by atoms with E-state index in [1.165, 1.54) is 40.3 Å². The highest BCUT2D eigenvalue weighted by atomic mass is 32.2. The van der Waals surface area contributed by atoms with Gasteiger partial charge in [-0.2, -0.15) is 0 Å². The van der Waals surface area contributed by atoms with Gasteiger partial charge in [-0.1, -0.05) is 6.07 Å². The van der Waals surface area contributed by atoms with E-state index in [1.54, 1.807) is 18.2 Å². The van der Waals surface area contributed by atoms with Crippen LogP contribution in [-0.4, -0.2) is 38.0 Å². The van der Waals surface area contributed by atoms with Crippen LogP contribution < -0.4 is 5.56 Å². The van der Waals surface area contributed by atoms with Crippen LogP contribution in [0.3, 0.4) is 0 Å². The lowest BCUT2D eigenvalue weighted by molar-refractivity contribution is -0.154. The molecule has 0 bridgehead atoms. The second kappa shape index (κ2) is 7.75. The van der Waals surface area contributed by atoms with Crippen molar-refractivity contribution in [1.29, 1.82) is 0 Å². The molecule has 0 spiro atoms. The number of rotatable bonds is 4. The van der Waals surface area contributed by atoms with E-state index in [-0.39, 0.29) is 23.4 Å². The zero-order valence-corrected chi connectivity index (χ0v) is 16.7. The maximum absolute atomic E-state index is 12.7. The summed E-state index contributed by atoms with van der Waals surface area (Å²) in [5.41, 5.74) is 1.38. The molecular formula is C20H19N3O5S. The lowest BCUT2D eigenvalue weighted by Crippen LogP contribution is -2.42. The minimum absolute atomic E-state index is 0.142. The van der Waals surface area contributed by atoms with E-state index in [0.29, 0.717) is 22.9 Å². The molecule has 1 fully saturated rings. The summed E-state index contributed by atoms with van der Waals surface area (Å²) in [7, 11) is 0. The maximum Gasteiger partial charge on any atom is 0.330 e. The van der Waals surface area contributed by atoms with Gasteiger partial charge in [-0.25, -0.2) is 9.78 Å². The van der Waals surface area contributed by atoms with E-state index >= 15 is 0 Å². The number of hydrogen-bond donors (Lipinski definition) is 0. The smallest absolute Gasteiger partial charge is 0.330 e. The summed E-state index contributed by atoms with van der Waals surface area (Å²) < 4.78 is 12.3. The van der Waals surface area contributed by atoms with Crippen molar-refractivity contribution in [3.63, 3.8) is 0 Å². The Kier molecular flexibility index (Phi) is 5.14. The van der Waals surface area contributed by atoms with Crippen molar-refractivity contribution in [2.24, 2.45) is 0 Å². The zero-order valence-electron chi connectivity index (χ0n) is 15.9. The number of pyridine rings is 1. The fourth-order valence-corrected chi connectivity index (χ4v) is 4.82. The van der Waals surface area contributed by atoms with Crippen LogP contribution >= 0.6 is 11.8 Å². The summed E-state index contributed by atoms with van der Waals surface area (Å²) in [6.07, 6.45) is 1.53. The number of carbonyl (C=O) groups excluding carboxylic acids is 2. The van der Waals surface area contributed by atoms with Crippen LogP contribution in [0.15, 0.2) is 51.9 Å². The zero-order chi connectivity index (χ0) is 20.5. The minimum atomic E-state index is -0.726. The molecule has 1 amide bonds. The fraction of sp³-hybridized carbons (Fsp3) is 0.300. The fourth-order valence-electron chi connectivity index (χ4n) is 3.40. The van der Waals surface area contributed by atoms with Gasteiger partial charge in [0.25, 0.3) is 5.56 Å². The van der Waals surface area contributed by atoms with Crippen molar-refractivity contribution in [2.75, 3.05) is 5.75 Å². The third kappa shape index (κ3) is 3.65. The standard InChI is InChI=1S/C20H19N3O5S/c1-12-5-3-7-17-21-14(9-18(25)22(12)17)10-28-20(26)15-11-29-19(23(15)13(2)24)16-6-4-8-27-16/h3-9,15,19H,10-11H2,1-2H3/t15-,19+/m1/s1. The Bertz CT molecular complexity index is 1120. The van der Waals surface area contributed by atoms with E-state index in [9.17, 15) is 14.4 Å². The van der Waals surface area contributed by atoms with Crippen LogP contribution in [-0.2, 0) is 20.9 Å². The molecule has 4 rings (SSSR count). The molecule has 2 atom stereocenters. The summed E-state index contributed by atoms with van der Waals surface area (Å²) in [5.74, 6) is 0.237. The first-order valence-electron chi connectivity index (χ1n) is 9.04. The van der Waals surface area contributed by atoms with Gasteiger partial charge in [0.2, 0.25) is 5.91 Å². The van der Waals surface area contributed by atoms with Crippen LogP contribution in [0.1, 0.15) is 29.4 Å². The molecule has 0 aromatic carbocycles. The second-order valence-corrected chi connectivity index (χ2v) is 7.81. The third-order valence-corrected chi connectivity index (χ3v) is 6.00. The predicted molar refractivity (Wildman–Crippen MR) is 106 cm³/mol. The summed E-state index contributed by atoms with van der Waals surface area (Å²) in [5, 5.41) is -0.369. The first-order chi connectivity index (χ1) is 14.0. The van der Waals surface area contributed by atoms with Gasteiger partial charge in [-0.05, 0) is 31.2 Å². The number of esters is 1. The molecule has 1 aliphatic heterocycles. The molecule has 0 N–H and O–H groups in total. The first kappa shape index (κ1) is 19.3. The van der Waals surface area contributed by atoms with Gasteiger partial charge in [0, 0.05) is 24.4 Å². The number of fused-ring (bicyclic) bond motifs is 1. The van der Waals surface area contributed by atoms with Crippen LogP contribution in [0.4, 0.5) is 0 Å². The van der Waals surface area contributed by atoms with Gasteiger partial charge < -0.3 is 14.1 Å². The van der Waals surface area contributed by atoms with Crippen molar-refractivity contribution < 1.29 is 18.7 Å². The molecule has 0 radical (unpaired) electrons. The monoisotopic (exact) mass is 413 g/mol. The molecular weight excluding hydrogens is 394 g/mol. The summed E-state index contributed by atoms with van der Waals surface area (Å²) >= 11 is 1.44. The second-order valence-electron chi connectivity index (χ2n) is 6.70. The maximum atomic E-state index is 12.7. The highest BCUT2D eigenvalue weighted by molar-refractivity contribution is 7.99. The molecule has 29 heavy (non-hydrogen) atoms. The number of ether oxygens (including phenoxy) is 1. The van der Waals surface area contributed by atoms with E-state index in [4.69, 9.17) is 9.15 Å². The number of amides is 1. The van der Waals surface area contributed by atoms with E-state index in [2.05, 4.69) is 4.98 Å². The molecule has 9 heteroatoms. The van der Waals surface area contributed by atoms with Gasteiger partial charge in [0.05, 0.1) is 12.0 Å². The number of carbonyl (C=O) groups is 2. The van der Waals surface area contributed by atoms with Crippen LogP contribution in [0, 0.1) is 6.92 Å². The number of aromatic nitrogens is 2. The molecule has 150 valence electrons. The van der Waals surface area contributed by atoms with Gasteiger partial charge in [0.1, 0.15) is 29.4 Å². The van der Waals surface area contributed by atoms with Crippen molar-refractivity contribution in [3.05, 3.63) is 70.2 Å². The molecule has 4 heterocycles. The summed E-state index contributed by atoms with van der Waals surface area (Å²) in [6.45, 7) is 3.09. The Morgan fingerprint density at radius 1 is 1.31 bits per heavy atom. The minimum Gasteiger partial charge on any atom is -0.466 e. The number of hydrogen-bond acceptors (Lipinski definition) is 7. The van der Waals surface area contributed by atoms with E-state index in [0.717, 1.165) is 5.69 Å². The Balaban J connectivity index is 1.50. The number of thioether (sulfide) groups is 1. The first-order valence-corrected chi connectivity index (χ1v) is 10.1. The normalized spacial score (nSPS) is 18.9. The Morgan fingerprint density at radius 2 is 2.14 bits per heavy atom. The van der Waals surface area contributed by atoms with Crippen LogP contribution in [0.25, 0.3) is 5.65 Å². The van der Waals surface area contributed by atoms with Gasteiger partial charge in [0.15, 0.2) is 0 Å². The average molecular weight is 413 g/mol. The highest BCUT2D eigenvalue weighted by Gasteiger charge is 2.43. The predicted octanol–water partition coefficient (Wildman–Crippen LogP) is 2.30. The van der Waals surface area contributed by atoms with E-state index in [1.807, 2.05) is 19.1 Å². The van der Waals surface area contributed by atoms with Crippen molar-refractivity contribution in [1.82, 2.24) is 14.3 Å². The van der Waals surface area contributed by atoms with Crippen molar-refractivity contribution >= 4 is 29.3 Å². The average Bonchev–Trinajstić information content (AvgIpc) is 3.35. The third-order valence-electron chi connectivity index (χ3n) is 4.72. The van der Waals surface area contributed by atoms with E-state index < -0.39 is 12.0 Å². The number of aryl methyl sites for hydroxylation is 1. The van der Waals surface area contributed by atoms with Gasteiger partial charge in [-0.3, -0.25) is 14.0 Å². The Labute approximate surface area is 170 Å². The molecule has 1 aliphatic rings. The van der Waals surface area contributed by atoms with Crippen LogP contribution in [0.2, 0.25) is 0 Å². The van der Waals surface area contributed by atoms with Crippen molar-refractivity contribution in [3.8, 4) is 0 Å². The Morgan fingerprint density at radius 3 is 2.86 bits per heavy atom. The largest absolute Gasteiger partial charge is 0.466 e. The Hall–Kier alpha value is -3.07. The highest BCUT2D eigenvalue weighted by Crippen LogP contribution is 2.41. The molecule has 0 aliphatic carbocycles. The van der Waals surface area contributed by atoms with Gasteiger partial charge >= 0.3 is 5.97 Å². The molecule has 3 aromatic rings. The quantitative estimate of drug-likeness (QED) is 0.606. The molecule has 8 nitrogen and oxygen atoms in total. The molecule has 1 saturated heterocycles. The lowest BCUT2D eigenvalue weighted by Gasteiger charge is -2.25. The molecule has 0 saturated carbocycles. The topological polar surface area (TPSA) is 94.1 Å². The summed E-state index contributed by atoms with van der Waals surface area (Å²) in [4.78, 5) is 43.1. The van der Waals surface area contributed by atoms with Crippen LogP contribution in [0.5, 0.6) is 0 Å². The van der Waals surface area contributed by atoms with Gasteiger partial charge in [-0.15, -0.1) is 11.8 Å². The number of nitrogens with zero attached hydrogens (tertiary/aromatic N) is 3. The number of furan rings is 1. The lowest BCUT2D eigenvalue weighted by atomic mass is 10.2. The molecule has 3 aromatic heterocycles. The molecule has 0 unspecified atom stereocenters. The summed E-state index contributed by atoms with van der Waals surface area (Å²) in [6, 6.07) is 9.49. The SMILES string of the molecule is CC(=O)N1[C@@H](C(=O)OCc2cc(=O)n3c(C)cccc3n2)CS[C@H]1c1ccco1.